The van der Waals surface area contributed by atoms with Gasteiger partial charge in [0.15, 0.2) is 5.75 Å². The number of pyridine rings is 1. The molecular formula is C30H29N7O10S. The van der Waals surface area contributed by atoms with Crippen LogP contribution in [0.4, 0.5) is 14.4 Å². The molecule has 0 radical (unpaired) electrons. The van der Waals surface area contributed by atoms with Gasteiger partial charge in [-0.2, -0.15) is 8.42 Å². The second-order valence-electron chi connectivity index (χ2n) is 10.3. The van der Waals surface area contributed by atoms with Crippen LogP contribution in [0.1, 0.15) is 16.8 Å². The minimum Gasteiger partial charge on any atom is -0.483 e. The molecule has 0 saturated carbocycles. The molecule has 0 aliphatic carbocycles. The number of rotatable bonds is 11. The molecule has 0 spiro atoms. The van der Waals surface area contributed by atoms with Crippen molar-refractivity contribution in [2.75, 3.05) is 19.6 Å². The highest BCUT2D eigenvalue weighted by atomic mass is 32.2. The third-order valence-electron chi connectivity index (χ3n) is 6.95. The van der Waals surface area contributed by atoms with Gasteiger partial charge in [-0.15, -0.1) is 0 Å². The molecule has 3 heterocycles. The average molecular weight is 680 g/mol. The number of H-pyrrole nitrogens is 1. The molecule has 1 atom stereocenters. The largest absolute Gasteiger partial charge is 0.483 e. The van der Waals surface area contributed by atoms with Gasteiger partial charge in [-0.05, 0) is 17.2 Å². The Morgan fingerprint density at radius 1 is 0.938 bits per heavy atom. The third-order valence-corrected chi connectivity index (χ3v) is 8.30. The van der Waals surface area contributed by atoms with E-state index in [1.807, 2.05) is 30.3 Å². The molecular weight excluding hydrogens is 650 g/mol. The lowest BCUT2D eigenvalue weighted by molar-refractivity contribution is -0.139. The Hall–Kier alpha value is -6.17. The van der Waals surface area contributed by atoms with E-state index in [2.05, 4.69) is 15.7 Å². The van der Waals surface area contributed by atoms with E-state index in [1.54, 1.807) is 35.1 Å². The first-order valence-corrected chi connectivity index (χ1v) is 15.8. The highest BCUT2D eigenvalue weighted by Crippen LogP contribution is 2.15. The van der Waals surface area contributed by atoms with Crippen LogP contribution in [0.3, 0.4) is 0 Å². The second kappa shape index (κ2) is 14.5. The molecule has 17 nitrogen and oxygen atoms in total. The highest BCUT2D eigenvalue weighted by molar-refractivity contribution is 7.88. The highest BCUT2D eigenvalue weighted by Gasteiger charge is 2.45. The van der Waals surface area contributed by atoms with Crippen molar-refractivity contribution in [3.05, 3.63) is 106 Å². The van der Waals surface area contributed by atoms with Gasteiger partial charge in [0.1, 0.15) is 19.3 Å². The van der Waals surface area contributed by atoms with Crippen molar-refractivity contribution in [3.8, 4) is 5.75 Å². The van der Waals surface area contributed by atoms with Crippen molar-refractivity contribution in [3.63, 3.8) is 0 Å². The van der Waals surface area contributed by atoms with Crippen LogP contribution in [-0.4, -0.2) is 83.3 Å². The van der Waals surface area contributed by atoms with Crippen molar-refractivity contribution < 1.29 is 41.9 Å². The SMILES string of the molecule is O=C(C=Cc1cc(=O)c(OCc2ccccc2)c[nH]1)NN1CCN(S(=O)(=O)NC(=O)N2C[C@H](NC(=O)OCc3ccccc3)C2=O)C1=O. The Kier molecular flexibility index (Phi) is 10.0. The normalized spacial score (nSPS) is 16.0. The number of ether oxygens (including phenoxy) is 2. The number of urea groups is 2. The molecule has 18 heteroatoms. The molecule has 7 amide bonds. The summed E-state index contributed by atoms with van der Waals surface area (Å²) in [4.78, 5) is 77.7. The third kappa shape index (κ3) is 8.15. The van der Waals surface area contributed by atoms with Crippen molar-refractivity contribution in [1.82, 2.24) is 34.7 Å². The monoisotopic (exact) mass is 679 g/mol. The van der Waals surface area contributed by atoms with Crippen LogP contribution in [0, 0.1) is 0 Å². The molecule has 1 aromatic heterocycles. The van der Waals surface area contributed by atoms with Crippen LogP contribution in [0.25, 0.3) is 6.08 Å². The standard InChI is InChI=1S/C30H29N7O10S/c38-24-15-22(31-16-25(24)46-18-20-7-3-1-4-8-20)11-12-26(39)33-36-13-14-37(30(36)43)48(44,45)34-28(41)35-17-23(27(35)40)32-29(42)47-19-21-9-5-2-6-10-21/h1-12,15-16,23H,13-14,17-19H2,(H,31,38)(H,32,42)(H,33,39)(H,34,41)/t23-/m0/s1. The van der Waals surface area contributed by atoms with Crippen LogP contribution < -0.4 is 25.6 Å². The van der Waals surface area contributed by atoms with E-state index in [4.69, 9.17) is 9.47 Å². The summed E-state index contributed by atoms with van der Waals surface area (Å²) >= 11 is 0. The quantitative estimate of drug-likeness (QED) is 0.165. The van der Waals surface area contributed by atoms with E-state index in [9.17, 15) is 37.2 Å². The van der Waals surface area contributed by atoms with Crippen LogP contribution in [0.2, 0.25) is 0 Å². The number of amides is 7. The topological polar surface area (TPSA) is 217 Å². The summed E-state index contributed by atoms with van der Waals surface area (Å²) in [6.45, 7) is -0.873. The molecule has 0 unspecified atom stereocenters. The molecule has 5 rings (SSSR count). The summed E-state index contributed by atoms with van der Waals surface area (Å²) in [6, 6.07) is 15.6. The Morgan fingerprint density at radius 3 is 2.25 bits per heavy atom. The summed E-state index contributed by atoms with van der Waals surface area (Å²) in [5.74, 6) is -1.63. The van der Waals surface area contributed by atoms with Crippen LogP contribution in [0.15, 0.2) is 83.8 Å². The number of nitrogens with one attached hydrogen (secondary N) is 4. The fourth-order valence-corrected chi connectivity index (χ4v) is 5.51. The van der Waals surface area contributed by atoms with Crippen molar-refractivity contribution in [1.29, 1.82) is 0 Å². The second-order valence-corrected chi connectivity index (χ2v) is 11.9. The maximum absolute atomic E-state index is 12.8. The van der Waals surface area contributed by atoms with Crippen LogP contribution >= 0.6 is 0 Å². The summed E-state index contributed by atoms with van der Waals surface area (Å²) in [7, 11) is -4.77. The molecule has 4 N–H and O–H groups in total. The Morgan fingerprint density at radius 2 is 1.60 bits per heavy atom. The van der Waals surface area contributed by atoms with Gasteiger partial charge in [-0.25, -0.2) is 28.4 Å². The number of benzene rings is 2. The number of aromatic nitrogens is 1. The number of aromatic amines is 1. The minimum absolute atomic E-state index is 0.0476. The zero-order chi connectivity index (χ0) is 34.3. The van der Waals surface area contributed by atoms with Gasteiger partial charge in [0, 0.05) is 24.0 Å². The fraction of sp³-hybridized carbons (Fsp3) is 0.200. The Balaban J connectivity index is 1.06. The van der Waals surface area contributed by atoms with Crippen molar-refractivity contribution >= 4 is 46.3 Å². The van der Waals surface area contributed by atoms with Crippen molar-refractivity contribution in [2.45, 2.75) is 19.3 Å². The number of hydrogen-bond acceptors (Lipinski definition) is 10. The molecule has 2 saturated heterocycles. The zero-order valence-corrected chi connectivity index (χ0v) is 25.8. The van der Waals surface area contributed by atoms with Gasteiger partial charge >= 0.3 is 28.4 Å². The van der Waals surface area contributed by atoms with E-state index in [0.717, 1.165) is 22.2 Å². The predicted octanol–water partition coefficient (Wildman–Crippen LogP) is 0.828. The lowest BCUT2D eigenvalue weighted by Crippen LogP contribution is -2.68. The van der Waals surface area contributed by atoms with Gasteiger partial charge in [0.05, 0.1) is 19.6 Å². The maximum atomic E-state index is 12.8. The van der Waals surface area contributed by atoms with Crippen LogP contribution in [0.5, 0.6) is 5.75 Å². The van der Waals surface area contributed by atoms with Crippen LogP contribution in [-0.2, 0) is 37.7 Å². The minimum atomic E-state index is -4.77. The van der Waals surface area contributed by atoms with Gasteiger partial charge in [-0.1, -0.05) is 60.7 Å². The molecule has 2 fully saturated rings. The van der Waals surface area contributed by atoms with Crippen molar-refractivity contribution in [2.24, 2.45) is 0 Å². The van der Waals surface area contributed by atoms with E-state index in [0.29, 0.717) is 9.21 Å². The first-order chi connectivity index (χ1) is 23.0. The molecule has 3 aromatic rings. The maximum Gasteiger partial charge on any atom is 0.408 e. The summed E-state index contributed by atoms with van der Waals surface area (Å²) in [6.07, 6.45) is 2.72. The number of hydrogen-bond donors (Lipinski definition) is 4. The van der Waals surface area contributed by atoms with Gasteiger partial charge in [0.25, 0.3) is 11.8 Å². The number of carbonyl (C=O) groups excluding carboxylic acids is 5. The van der Waals surface area contributed by atoms with E-state index >= 15 is 0 Å². The molecule has 48 heavy (non-hydrogen) atoms. The number of nitrogens with zero attached hydrogens (tertiary/aromatic N) is 3. The molecule has 2 aromatic carbocycles. The lowest BCUT2D eigenvalue weighted by Gasteiger charge is -2.36. The summed E-state index contributed by atoms with van der Waals surface area (Å²) < 4.78 is 38.0. The fourth-order valence-electron chi connectivity index (χ4n) is 4.44. The first kappa shape index (κ1) is 33.2. The number of alkyl carbamates (subject to hydrolysis) is 1. The van der Waals surface area contributed by atoms with E-state index in [-0.39, 0.29) is 37.7 Å². The number of imide groups is 1. The number of carbonyl (C=O) groups is 5. The number of hydrazine groups is 1. The Labute approximate surface area is 273 Å². The molecule has 250 valence electrons. The first-order valence-electron chi connectivity index (χ1n) is 14.3. The predicted molar refractivity (Wildman–Crippen MR) is 167 cm³/mol. The van der Waals surface area contributed by atoms with E-state index in [1.165, 1.54) is 18.3 Å². The number of β-lactam (4-membered cyclic amide) rings is 1. The average Bonchev–Trinajstić information content (AvgIpc) is 3.44. The molecule has 0 bridgehead atoms. The van der Waals surface area contributed by atoms with Gasteiger partial charge in [-0.3, -0.25) is 24.7 Å². The molecule has 2 aliphatic rings. The number of likely N-dealkylation sites (tertiary alicyclic amines) is 1. The lowest BCUT2D eigenvalue weighted by atomic mass is 10.1. The smallest absolute Gasteiger partial charge is 0.408 e. The van der Waals surface area contributed by atoms with Gasteiger partial charge < -0.3 is 19.8 Å². The Bertz CT molecular complexity index is 1900. The van der Waals surface area contributed by atoms with Gasteiger partial charge in [0.2, 0.25) is 5.43 Å². The van der Waals surface area contributed by atoms with E-state index < -0.39 is 58.2 Å². The molecule has 2 aliphatic heterocycles. The zero-order valence-electron chi connectivity index (χ0n) is 25.0. The summed E-state index contributed by atoms with van der Waals surface area (Å²) in [5, 5.41) is 3.00. The summed E-state index contributed by atoms with van der Waals surface area (Å²) in [5.41, 5.74) is 3.63.